The highest BCUT2D eigenvalue weighted by molar-refractivity contribution is 7.13. The van der Waals surface area contributed by atoms with Crippen LogP contribution in [-0.4, -0.2) is 18.1 Å². The summed E-state index contributed by atoms with van der Waals surface area (Å²) in [7, 11) is 0. The average Bonchev–Trinajstić information content (AvgIpc) is 2.61. The summed E-state index contributed by atoms with van der Waals surface area (Å²) in [5.41, 5.74) is 0. The molecule has 1 heterocycles. The van der Waals surface area contributed by atoms with E-state index in [0.717, 1.165) is 18.3 Å². The van der Waals surface area contributed by atoms with Gasteiger partial charge in [-0.1, -0.05) is 24.7 Å². The lowest BCUT2D eigenvalue weighted by Crippen LogP contribution is -2.13. The Morgan fingerprint density at radius 3 is 3.07 bits per heavy atom. The smallest absolute Gasteiger partial charge is 0.273 e. The number of hydrogen-bond acceptors (Lipinski definition) is 4. The molecule has 0 radical (unpaired) electrons. The molecule has 1 aromatic rings. The highest BCUT2D eigenvalue weighted by Gasteiger charge is 2.00. The Morgan fingerprint density at radius 1 is 1.50 bits per heavy atom. The van der Waals surface area contributed by atoms with Crippen LogP contribution in [0.4, 0.5) is 0 Å². The van der Waals surface area contributed by atoms with E-state index in [-0.39, 0.29) is 0 Å². The van der Waals surface area contributed by atoms with Crippen molar-refractivity contribution >= 4 is 11.3 Å². The maximum absolute atomic E-state index is 5.29. The lowest BCUT2D eigenvalue weighted by atomic mass is 10.3. The highest BCUT2D eigenvalue weighted by atomic mass is 32.1. The van der Waals surface area contributed by atoms with Crippen molar-refractivity contribution in [2.45, 2.75) is 33.2 Å². The molecular weight excluding hydrogens is 196 g/mol. The molecule has 4 heteroatoms. The SMILES string of the molecule is CCCCNCc1cnc(OCC)s1. The van der Waals surface area contributed by atoms with Crippen LogP contribution in [0.3, 0.4) is 0 Å². The fraction of sp³-hybridized carbons (Fsp3) is 0.700. The van der Waals surface area contributed by atoms with E-state index in [0.29, 0.717) is 6.61 Å². The topological polar surface area (TPSA) is 34.2 Å². The standard InChI is InChI=1S/C10H18N2OS/c1-3-5-6-11-7-9-8-12-10(14-9)13-4-2/h8,11H,3-7H2,1-2H3. The second-order valence-electron chi connectivity index (χ2n) is 3.06. The molecule has 0 aliphatic carbocycles. The van der Waals surface area contributed by atoms with Crippen LogP contribution in [0, 0.1) is 0 Å². The van der Waals surface area contributed by atoms with Gasteiger partial charge in [-0.25, -0.2) is 4.98 Å². The molecule has 3 nitrogen and oxygen atoms in total. The quantitative estimate of drug-likeness (QED) is 0.708. The van der Waals surface area contributed by atoms with Crippen molar-refractivity contribution in [2.24, 2.45) is 0 Å². The summed E-state index contributed by atoms with van der Waals surface area (Å²) in [4.78, 5) is 5.40. The van der Waals surface area contributed by atoms with Crippen LogP contribution in [0.2, 0.25) is 0 Å². The van der Waals surface area contributed by atoms with Crippen LogP contribution in [0.25, 0.3) is 0 Å². The Hall–Kier alpha value is -0.610. The van der Waals surface area contributed by atoms with Gasteiger partial charge in [0, 0.05) is 17.6 Å². The number of nitrogens with one attached hydrogen (secondary N) is 1. The van der Waals surface area contributed by atoms with Crippen LogP contribution in [0.1, 0.15) is 31.6 Å². The molecule has 1 aromatic heterocycles. The zero-order valence-electron chi connectivity index (χ0n) is 8.88. The van der Waals surface area contributed by atoms with E-state index >= 15 is 0 Å². The summed E-state index contributed by atoms with van der Waals surface area (Å²) < 4.78 is 5.29. The third-order valence-corrected chi connectivity index (χ3v) is 2.72. The Morgan fingerprint density at radius 2 is 2.36 bits per heavy atom. The van der Waals surface area contributed by atoms with Gasteiger partial charge in [-0.3, -0.25) is 0 Å². The zero-order valence-corrected chi connectivity index (χ0v) is 9.69. The third kappa shape index (κ3) is 4.07. The lowest BCUT2D eigenvalue weighted by molar-refractivity contribution is 0.338. The molecule has 0 saturated heterocycles. The van der Waals surface area contributed by atoms with Crippen LogP contribution in [0.5, 0.6) is 5.19 Å². The average molecular weight is 214 g/mol. The molecule has 0 saturated carbocycles. The first-order chi connectivity index (χ1) is 6.86. The number of aromatic nitrogens is 1. The van der Waals surface area contributed by atoms with Crippen molar-refractivity contribution in [3.63, 3.8) is 0 Å². The molecule has 0 spiro atoms. The van der Waals surface area contributed by atoms with Gasteiger partial charge < -0.3 is 10.1 Å². The normalized spacial score (nSPS) is 10.4. The van der Waals surface area contributed by atoms with Gasteiger partial charge >= 0.3 is 0 Å². The minimum absolute atomic E-state index is 0.691. The Kier molecular flexibility index (Phi) is 5.56. The van der Waals surface area contributed by atoms with Crippen molar-refractivity contribution in [1.29, 1.82) is 0 Å². The first-order valence-electron chi connectivity index (χ1n) is 5.15. The van der Waals surface area contributed by atoms with E-state index in [2.05, 4.69) is 17.2 Å². The zero-order chi connectivity index (χ0) is 10.2. The largest absolute Gasteiger partial charge is 0.470 e. The van der Waals surface area contributed by atoms with Crippen molar-refractivity contribution in [3.8, 4) is 5.19 Å². The second-order valence-corrected chi connectivity index (χ2v) is 4.13. The van der Waals surface area contributed by atoms with Gasteiger partial charge in [-0.15, -0.1) is 0 Å². The molecule has 0 amide bonds. The monoisotopic (exact) mass is 214 g/mol. The summed E-state index contributed by atoms with van der Waals surface area (Å²) in [6.07, 6.45) is 4.35. The first-order valence-corrected chi connectivity index (χ1v) is 5.96. The Labute approximate surface area is 89.5 Å². The summed E-state index contributed by atoms with van der Waals surface area (Å²) >= 11 is 1.62. The maximum atomic E-state index is 5.29. The number of hydrogen-bond donors (Lipinski definition) is 1. The molecule has 0 aliphatic rings. The van der Waals surface area contributed by atoms with E-state index in [1.54, 1.807) is 11.3 Å². The molecule has 0 fully saturated rings. The van der Waals surface area contributed by atoms with Gasteiger partial charge in [0.25, 0.3) is 5.19 Å². The molecule has 1 N–H and O–H groups in total. The molecule has 1 rings (SSSR count). The predicted molar refractivity (Wildman–Crippen MR) is 59.9 cm³/mol. The molecule has 0 aromatic carbocycles. The van der Waals surface area contributed by atoms with Crippen molar-refractivity contribution in [2.75, 3.05) is 13.2 Å². The van der Waals surface area contributed by atoms with Crippen molar-refractivity contribution in [3.05, 3.63) is 11.1 Å². The predicted octanol–water partition coefficient (Wildman–Crippen LogP) is 2.43. The molecule has 0 aliphatic heterocycles. The number of ether oxygens (including phenoxy) is 1. The molecular formula is C10H18N2OS. The van der Waals surface area contributed by atoms with Crippen LogP contribution < -0.4 is 10.1 Å². The fourth-order valence-corrected chi connectivity index (χ4v) is 1.86. The van der Waals surface area contributed by atoms with Crippen LogP contribution >= 0.6 is 11.3 Å². The Bertz CT molecular complexity index is 250. The number of thiazole rings is 1. The van der Waals surface area contributed by atoms with Crippen LogP contribution in [0.15, 0.2) is 6.20 Å². The lowest BCUT2D eigenvalue weighted by Gasteiger charge is -1.99. The second kappa shape index (κ2) is 6.79. The van der Waals surface area contributed by atoms with Gasteiger partial charge in [-0.2, -0.15) is 0 Å². The van der Waals surface area contributed by atoms with Crippen molar-refractivity contribution < 1.29 is 4.74 Å². The fourth-order valence-electron chi connectivity index (χ4n) is 1.07. The minimum Gasteiger partial charge on any atom is -0.470 e. The highest BCUT2D eigenvalue weighted by Crippen LogP contribution is 2.19. The first kappa shape index (κ1) is 11.5. The molecule has 0 atom stereocenters. The van der Waals surface area contributed by atoms with Gasteiger partial charge in [0.15, 0.2) is 0 Å². The summed E-state index contributed by atoms with van der Waals surface area (Å²) in [5, 5.41) is 4.15. The number of nitrogens with zero attached hydrogens (tertiary/aromatic N) is 1. The van der Waals surface area contributed by atoms with Gasteiger partial charge in [0.1, 0.15) is 0 Å². The third-order valence-electron chi connectivity index (χ3n) is 1.81. The van der Waals surface area contributed by atoms with E-state index in [1.165, 1.54) is 17.7 Å². The molecule has 0 unspecified atom stereocenters. The van der Waals surface area contributed by atoms with Gasteiger partial charge in [-0.05, 0) is 19.9 Å². The molecule has 80 valence electrons. The summed E-state index contributed by atoms with van der Waals surface area (Å²) in [5.74, 6) is 0. The maximum Gasteiger partial charge on any atom is 0.273 e. The number of unbranched alkanes of at least 4 members (excludes halogenated alkanes) is 1. The van der Waals surface area contributed by atoms with E-state index < -0.39 is 0 Å². The molecule has 0 bridgehead atoms. The van der Waals surface area contributed by atoms with Crippen molar-refractivity contribution in [1.82, 2.24) is 10.3 Å². The summed E-state index contributed by atoms with van der Waals surface area (Å²) in [6.45, 7) is 6.85. The van der Waals surface area contributed by atoms with E-state index in [4.69, 9.17) is 4.74 Å². The van der Waals surface area contributed by atoms with Gasteiger partial charge in [0.05, 0.1) is 6.61 Å². The minimum atomic E-state index is 0.691. The Balaban J connectivity index is 2.22. The number of rotatable bonds is 7. The van der Waals surface area contributed by atoms with Gasteiger partial charge in [0.2, 0.25) is 0 Å². The summed E-state index contributed by atoms with van der Waals surface area (Å²) in [6, 6.07) is 0. The van der Waals surface area contributed by atoms with Crippen LogP contribution in [-0.2, 0) is 6.54 Å². The van der Waals surface area contributed by atoms with E-state index in [9.17, 15) is 0 Å². The molecule has 14 heavy (non-hydrogen) atoms. The van der Waals surface area contributed by atoms with E-state index in [1.807, 2.05) is 13.1 Å².